The number of rotatable bonds is 7. The van der Waals surface area contributed by atoms with Gasteiger partial charge in [-0.3, -0.25) is 0 Å². The fourth-order valence-electron chi connectivity index (χ4n) is 3.49. The van der Waals surface area contributed by atoms with E-state index in [-0.39, 0.29) is 17.5 Å². The number of hydrogen-bond donors (Lipinski definition) is 0. The molecule has 0 spiro atoms. The van der Waals surface area contributed by atoms with E-state index in [2.05, 4.69) is 9.88 Å². The summed E-state index contributed by atoms with van der Waals surface area (Å²) in [5.41, 5.74) is 1.20. The first-order chi connectivity index (χ1) is 12.8. The van der Waals surface area contributed by atoms with Gasteiger partial charge < -0.3 is 14.2 Å². The molecule has 27 heavy (non-hydrogen) atoms. The summed E-state index contributed by atoms with van der Waals surface area (Å²) in [5, 5.41) is -0.0276. The van der Waals surface area contributed by atoms with Crippen LogP contribution in [0.4, 0.5) is 4.39 Å². The highest BCUT2D eigenvalue weighted by molar-refractivity contribution is 7.90. The smallest absolute Gasteiger partial charge is 0.227 e. The molecule has 0 radical (unpaired) electrons. The van der Waals surface area contributed by atoms with Crippen LogP contribution >= 0.6 is 0 Å². The monoisotopic (exact) mass is 395 g/mol. The number of halogens is 1. The quantitative estimate of drug-likeness (QED) is 0.720. The van der Waals surface area contributed by atoms with Crippen molar-refractivity contribution in [1.29, 1.82) is 0 Å². The van der Waals surface area contributed by atoms with Gasteiger partial charge in [-0.2, -0.15) is 0 Å². The summed E-state index contributed by atoms with van der Waals surface area (Å²) in [6.07, 6.45) is 4.78. The zero-order valence-corrected chi connectivity index (χ0v) is 16.6. The fraction of sp³-hybridized carbons (Fsp3) is 0.526. The van der Waals surface area contributed by atoms with Crippen LogP contribution in [0.2, 0.25) is 0 Å². The first-order valence-corrected chi connectivity index (χ1v) is 11.0. The lowest BCUT2D eigenvalue weighted by molar-refractivity contribution is 0.0547. The summed E-state index contributed by atoms with van der Waals surface area (Å²) in [5.74, 6) is 0.216. The predicted octanol–water partition coefficient (Wildman–Crippen LogP) is 2.33. The van der Waals surface area contributed by atoms with Crippen molar-refractivity contribution in [2.75, 3.05) is 33.1 Å². The molecular weight excluding hydrogens is 369 g/mol. The summed E-state index contributed by atoms with van der Waals surface area (Å²) in [6.45, 7) is 3.18. The minimum Gasteiger partial charge on any atom is -0.381 e. The molecule has 8 heteroatoms. The molecule has 0 N–H and O–H groups in total. The van der Waals surface area contributed by atoms with Gasteiger partial charge in [-0.1, -0.05) is 18.2 Å². The third-order valence-electron chi connectivity index (χ3n) is 4.86. The summed E-state index contributed by atoms with van der Waals surface area (Å²) < 4.78 is 45.4. The minimum absolute atomic E-state index is 0.0276. The van der Waals surface area contributed by atoms with Crippen molar-refractivity contribution in [3.8, 4) is 0 Å². The Morgan fingerprint density at radius 2 is 2.00 bits per heavy atom. The zero-order valence-electron chi connectivity index (χ0n) is 15.8. The van der Waals surface area contributed by atoms with Crippen molar-refractivity contribution in [2.45, 2.75) is 31.1 Å². The van der Waals surface area contributed by atoms with Crippen molar-refractivity contribution in [3.05, 3.63) is 47.5 Å². The topological polar surface area (TPSA) is 64.4 Å². The summed E-state index contributed by atoms with van der Waals surface area (Å²) >= 11 is 0. The Balaban J connectivity index is 1.82. The average molecular weight is 396 g/mol. The maximum Gasteiger partial charge on any atom is 0.227 e. The van der Waals surface area contributed by atoms with E-state index in [9.17, 15) is 12.8 Å². The van der Waals surface area contributed by atoms with E-state index in [0.717, 1.165) is 44.5 Å². The van der Waals surface area contributed by atoms with Crippen LogP contribution in [0.1, 0.15) is 24.1 Å². The second-order valence-electron chi connectivity index (χ2n) is 7.23. The molecule has 3 rings (SSSR count). The third-order valence-corrected chi connectivity index (χ3v) is 5.85. The van der Waals surface area contributed by atoms with Crippen molar-refractivity contribution in [1.82, 2.24) is 14.5 Å². The maximum atomic E-state index is 14.1. The van der Waals surface area contributed by atoms with E-state index < -0.39 is 9.84 Å². The Labute approximate surface area is 159 Å². The normalized spacial score (nSPS) is 16.1. The highest BCUT2D eigenvalue weighted by atomic mass is 32.2. The van der Waals surface area contributed by atoms with Crippen molar-refractivity contribution in [2.24, 2.45) is 5.92 Å². The van der Waals surface area contributed by atoms with Crippen LogP contribution in [0.15, 0.2) is 35.6 Å². The van der Waals surface area contributed by atoms with E-state index in [0.29, 0.717) is 18.0 Å². The van der Waals surface area contributed by atoms with Gasteiger partial charge in [0.15, 0.2) is 0 Å². The lowest BCUT2D eigenvalue weighted by Gasteiger charge is -2.27. The van der Waals surface area contributed by atoms with Crippen LogP contribution in [0.3, 0.4) is 0 Å². The van der Waals surface area contributed by atoms with Crippen LogP contribution in [0, 0.1) is 11.7 Å². The van der Waals surface area contributed by atoms with Crippen molar-refractivity contribution in [3.63, 3.8) is 0 Å². The predicted molar refractivity (Wildman–Crippen MR) is 101 cm³/mol. The minimum atomic E-state index is -3.51. The van der Waals surface area contributed by atoms with E-state index in [1.54, 1.807) is 29.0 Å². The molecule has 1 fully saturated rings. The molecular formula is C19H26FN3O3S. The summed E-state index contributed by atoms with van der Waals surface area (Å²) in [6, 6.07) is 6.40. The van der Waals surface area contributed by atoms with E-state index in [1.807, 2.05) is 7.05 Å². The summed E-state index contributed by atoms with van der Waals surface area (Å²) in [4.78, 5) is 6.28. The van der Waals surface area contributed by atoms with Gasteiger partial charge in [0.05, 0.1) is 18.4 Å². The Morgan fingerprint density at radius 3 is 2.67 bits per heavy atom. The van der Waals surface area contributed by atoms with E-state index in [4.69, 9.17) is 4.74 Å². The molecule has 1 aliphatic rings. The van der Waals surface area contributed by atoms with Gasteiger partial charge in [0.1, 0.15) is 5.82 Å². The Hall–Kier alpha value is -1.77. The van der Waals surface area contributed by atoms with Crippen LogP contribution in [0.25, 0.3) is 0 Å². The lowest BCUT2D eigenvalue weighted by atomic mass is 10.00. The molecule has 148 valence electrons. The average Bonchev–Trinajstić information content (AvgIpc) is 3.00. The molecule has 1 aromatic carbocycles. The van der Waals surface area contributed by atoms with Gasteiger partial charge in [-0.05, 0) is 31.9 Å². The number of hydrogen-bond acceptors (Lipinski definition) is 5. The van der Waals surface area contributed by atoms with Gasteiger partial charge >= 0.3 is 0 Å². The van der Waals surface area contributed by atoms with E-state index >= 15 is 0 Å². The lowest BCUT2D eigenvalue weighted by Crippen LogP contribution is -2.30. The highest BCUT2D eigenvalue weighted by Crippen LogP contribution is 2.20. The largest absolute Gasteiger partial charge is 0.381 e. The summed E-state index contributed by atoms with van der Waals surface area (Å²) in [7, 11) is -1.50. The van der Waals surface area contributed by atoms with Crippen LogP contribution in [-0.2, 0) is 27.7 Å². The number of benzene rings is 1. The Bertz CT molecular complexity index is 876. The molecule has 0 atom stereocenters. The first-order valence-electron chi connectivity index (χ1n) is 9.08. The van der Waals surface area contributed by atoms with Crippen molar-refractivity contribution >= 4 is 9.84 Å². The molecule has 0 amide bonds. The van der Waals surface area contributed by atoms with Gasteiger partial charge in [0.25, 0.3) is 0 Å². The molecule has 0 aliphatic carbocycles. The van der Waals surface area contributed by atoms with Crippen LogP contribution in [0.5, 0.6) is 0 Å². The third kappa shape index (κ3) is 5.15. The second-order valence-corrected chi connectivity index (χ2v) is 9.14. The molecule has 0 saturated carbocycles. The molecule has 2 heterocycles. The van der Waals surface area contributed by atoms with Gasteiger partial charge in [-0.15, -0.1) is 0 Å². The zero-order chi connectivity index (χ0) is 19.4. The second kappa shape index (κ2) is 8.50. The molecule has 0 bridgehead atoms. The molecule has 1 aliphatic heterocycles. The van der Waals surface area contributed by atoms with Crippen LogP contribution < -0.4 is 0 Å². The van der Waals surface area contributed by atoms with Crippen LogP contribution in [-0.4, -0.2) is 55.9 Å². The molecule has 0 unspecified atom stereocenters. The maximum absolute atomic E-state index is 14.1. The highest BCUT2D eigenvalue weighted by Gasteiger charge is 2.22. The number of sulfone groups is 1. The van der Waals surface area contributed by atoms with E-state index in [1.165, 1.54) is 6.07 Å². The molecule has 6 nitrogen and oxygen atoms in total. The Kier molecular flexibility index (Phi) is 6.29. The van der Waals surface area contributed by atoms with Gasteiger partial charge in [0.2, 0.25) is 15.0 Å². The number of aromatic nitrogens is 2. The molecule has 1 saturated heterocycles. The molecule has 2 aromatic rings. The fourth-order valence-corrected chi connectivity index (χ4v) is 4.32. The SMILES string of the molecule is CN(Cc1cnc(S(C)(=O)=O)n1Cc1ccccc1F)CC1CCOCC1. The van der Waals surface area contributed by atoms with Crippen molar-refractivity contribution < 1.29 is 17.5 Å². The first kappa shape index (κ1) is 20.0. The number of nitrogens with zero attached hydrogens (tertiary/aromatic N) is 3. The Morgan fingerprint density at radius 1 is 1.30 bits per heavy atom. The standard InChI is InChI=1S/C19H26FN3O3S/c1-22(12-15-7-9-26-10-8-15)14-17-11-21-19(27(2,24)25)23(17)13-16-5-3-4-6-18(16)20/h3-6,11,15H,7-10,12-14H2,1-2H3. The van der Waals surface area contributed by atoms with Gasteiger partial charge in [0, 0.05) is 38.1 Å². The van der Waals surface area contributed by atoms with Gasteiger partial charge in [-0.25, -0.2) is 17.8 Å². The molecule has 1 aromatic heterocycles. The number of imidazole rings is 1. The number of ether oxygens (including phenoxy) is 1.